The van der Waals surface area contributed by atoms with Crippen LogP contribution in [0.2, 0.25) is 0 Å². The van der Waals surface area contributed by atoms with Crippen molar-refractivity contribution in [3.05, 3.63) is 12.4 Å². The van der Waals surface area contributed by atoms with Gasteiger partial charge in [0.2, 0.25) is 0 Å². The molecule has 3 nitrogen and oxygen atoms in total. The number of hydrogen-bond donors (Lipinski definition) is 1. The van der Waals surface area contributed by atoms with E-state index in [1.807, 2.05) is 0 Å². The minimum atomic E-state index is 0. The normalized spacial score (nSPS) is 6.67. The van der Waals surface area contributed by atoms with E-state index in [-0.39, 0.29) is 37.7 Å². The molecule has 0 atom stereocenters. The van der Waals surface area contributed by atoms with Crippen LogP contribution < -0.4 is 0 Å². The summed E-state index contributed by atoms with van der Waals surface area (Å²) in [4.78, 5) is 0. The van der Waals surface area contributed by atoms with Crippen LogP contribution in [0.4, 0.5) is 0 Å². The molecule has 0 spiro atoms. The second kappa shape index (κ2) is 3.58. The Morgan fingerprint density at radius 1 is 1.50 bits per heavy atom. The monoisotopic (exact) mass is 111 g/mol. The third-order valence-electron chi connectivity index (χ3n) is 0.331. The fourth-order valence-corrected chi connectivity index (χ4v) is 0.167. The molecule has 1 heterocycles. The van der Waals surface area contributed by atoms with E-state index in [1.54, 1.807) is 12.4 Å². The first-order valence-electron chi connectivity index (χ1n) is 1.30. The summed E-state index contributed by atoms with van der Waals surface area (Å²) in [5.41, 5.74) is 0. The van der Waals surface area contributed by atoms with Gasteiger partial charge in [0.05, 0.1) is 6.20 Å². The number of aromatic amines is 1. The van der Waals surface area contributed by atoms with Crippen molar-refractivity contribution in [3.63, 3.8) is 0 Å². The van der Waals surface area contributed by atoms with E-state index in [2.05, 4.69) is 15.4 Å². The Hall–Kier alpha value is 0.400. The van der Waals surface area contributed by atoms with E-state index in [0.29, 0.717) is 0 Å². The molecule has 1 rings (SSSR count). The van der Waals surface area contributed by atoms with E-state index in [4.69, 9.17) is 0 Å². The van der Waals surface area contributed by atoms with Crippen molar-refractivity contribution in [3.8, 4) is 0 Å². The van der Waals surface area contributed by atoms with Crippen LogP contribution in [0.25, 0.3) is 0 Å². The molecule has 1 aromatic heterocycles. The van der Waals surface area contributed by atoms with Crippen LogP contribution in [0.5, 0.6) is 0 Å². The second-order valence-corrected chi connectivity index (χ2v) is 0.660. The molecule has 1 N–H and O–H groups in total. The molecular weight excluding hydrogens is 106 g/mol. The average Bonchev–Trinajstić information content (AvgIpc) is 1.76. The number of nitrogens with one attached hydrogen (secondary N) is 1. The summed E-state index contributed by atoms with van der Waals surface area (Å²) in [6, 6.07) is 0. The molecular formula is C2H5CaN3. The number of hydrogen-bond acceptors (Lipinski definition) is 2. The summed E-state index contributed by atoms with van der Waals surface area (Å²) in [6.45, 7) is 0. The van der Waals surface area contributed by atoms with Crippen LogP contribution in [-0.2, 0) is 0 Å². The fraction of sp³-hybridized carbons (Fsp3) is 0. The molecule has 0 radical (unpaired) electrons. The maximum atomic E-state index is 3.42. The van der Waals surface area contributed by atoms with Crippen molar-refractivity contribution in [1.29, 1.82) is 0 Å². The van der Waals surface area contributed by atoms with E-state index >= 15 is 0 Å². The average molecular weight is 111 g/mol. The SMILES string of the molecule is [CaH2].c1c[nH]nn1. The first-order chi connectivity index (χ1) is 2.50. The van der Waals surface area contributed by atoms with Crippen molar-refractivity contribution in [2.75, 3.05) is 0 Å². The number of rotatable bonds is 0. The maximum absolute atomic E-state index is 3.42. The van der Waals surface area contributed by atoms with Gasteiger partial charge in [0, 0.05) is 6.20 Å². The van der Waals surface area contributed by atoms with Crippen molar-refractivity contribution in [2.24, 2.45) is 0 Å². The molecule has 0 fully saturated rings. The van der Waals surface area contributed by atoms with Crippen molar-refractivity contribution < 1.29 is 0 Å². The zero-order valence-electron chi connectivity index (χ0n) is 2.55. The van der Waals surface area contributed by atoms with Gasteiger partial charge in [-0.25, -0.2) is 0 Å². The number of aromatic nitrogens is 3. The van der Waals surface area contributed by atoms with Crippen LogP contribution >= 0.6 is 0 Å². The molecule has 0 saturated heterocycles. The first kappa shape index (κ1) is 6.40. The van der Waals surface area contributed by atoms with Crippen molar-refractivity contribution in [1.82, 2.24) is 15.4 Å². The molecule has 0 aliphatic heterocycles. The zero-order chi connectivity index (χ0) is 3.54. The summed E-state index contributed by atoms with van der Waals surface area (Å²) in [6.07, 6.45) is 3.24. The Bertz CT molecular complexity index is 65.3. The standard InChI is InChI=1S/C2H3N3.Ca.2H/c1-2-4-5-3-1;;;/h1-2H,(H,3,4,5);;;. The minimum absolute atomic E-state index is 0. The quantitative estimate of drug-likeness (QED) is 0.431. The van der Waals surface area contributed by atoms with Crippen LogP contribution in [0.15, 0.2) is 12.4 Å². The third-order valence-corrected chi connectivity index (χ3v) is 0.331. The van der Waals surface area contributed by atoms with Gasteiger partial charge in [-0.2, -0.15) is 0 Å². The molecule has 1 aromatic rings. The number of H-pyrrole nitrogens is 1. The predicted molar refractivity (Wildman–Crippen MR) is 24.9 cm³/mol. The molecule has 0 unspecified atom stereocenters. The van der Waals surface area contributed by atoms with Gasteiger partial charge in [-0.15, -0.1) is 5.10 Å². The Morgan fingerprint density at radius 2 is 2.33 bits per heavy atom. The van der Waals surface area contributed by atoms with E-state index in [9.17, 15) is 0 Å². The Kier molecular flexibility index (Phi) is 3.82. The van der Waals surface area contributed by atoms with Crippen LogP contribution in [0, 0.1) is 0 Å². The molecule has 0 aliphatic rings. The molecule has 0 aromatic carbocycles. The second-order valence-electron chi connectivity index (χ2n) is 0.660. The topological polar surface area (TPSA) is 41.6 Å². The zero-order valence-corrected chi connectivity index (χ0v) is 2.55. The summed E-state index contributed by atoms with van der Waals surface area (Å²) in [5.74, 6) is 0. The van der Waals surface area contributed by atoms with Gasteiger partial charge in [0.25, 0.3) is 0 Å². The summed E-state index contributed by atoms with van der Waals surface area (Å²) >= 11 is 0. The molecule has 0 amide bonds. The molecule has 6 heavy (non-hydrogen) atoms. The minimum Gasteiger partial charge on any atom is -0.266 e. The molecule has 0 bridgehead atoms. The fourth-order valence-electron chi connectivity index (χ4n) is 0.167. The largest absolute Gasteiger partial charge is 0.266 e. The maximum Gasteiger partial charge on any atom is 0.0690 e. The van der Waals surface area contributed by atoms with Gasteiger partial charge in [-0.05, 0) is 0 Å². The smallest absolute Gasteiger partial charge is 0.0690 e. The molecule has 0 saturated carbocycles. The van der Waals surface area contributed by atoms with Crippen molar-refractivity contribution >= 4 is 37.7 Å². The molecule has 30 valence electrons. The van der Waals surface area contributed by atoms with E-state index in [1.165, 1.54) is 0 Å². The van der Waals surface area contributed by atoms with Gasteiger partial charge >= 0.3 is 37.7 Å². The third kappa shape index (κ3) is 1.74. The first-order valence-corrected chi connectivity index (χ1v) is 1.30. The molecule has 4 heteroatoms. The number of nitrogens with zero attached hydrogens (tertiary/aromatic N) is 2. The summed E-state index contributed by atoms with van der Waals surface area (Å²) in [5, 5.41) is 9.26. The van der Waals surface area contributed by atoms with Gasteiger partial charge in [0.1, 0.15) is 0 Å². The Labute approximate surface area is 65.1 Å². The van der Waals surface area contributed by atoms with Gasteiger partial charge < -0.3 is 0 Å². The van der Waals surface area contributed by atoms with Gasteiger partial charge in [-0.3, -0.25) is 5.10 Å². The van der Waals surface area contributed by atoms with Crippen LogP contribution in [0.1, 0.15) is 0 Å². The Balaban J connectivity index is 0.000000250. The van der Waals surface area contributed by atoms with Crippen LogP contribution in [-0.4, -0.2) is 53.1 Å². The van der Waals surface area contributed by atoms with E-state index in [0.717, 1.165) is 0 Å². The van der Waals surface area contributed by atoms with Crippen LogP contribution in [0.3, 0.4) is 0 Å². The summed E-state index contributed by atoms with van der Waals surface area (Å²) < 4.78 is 0. The summed E-state index contributed by atoms with van der Waals surface area (Å²) in [7, 11) is 0. The van der Waals surface area contributed by atoms with Gasteiger partial charge in [-0.1, -0.05) is 5.21 Å². The van der Waals surface area contributed by atoms with E-state index < -0.39 is 0 Å². The Morgan fingerprint density at radius 3 is 2.50 bits per heavy atom. The molecule has 0 aliphatic carbocycles. The van der Waals surface area contributed by atoms with Crippen molar-refractivity contribution in [2.45, 2.75) is 0 Å². The predicted octanol–water partition coefficient (Wildman–Crippen LogP) is -1.11. The van der Waals surface area contributed by atoms with Gasteiger partial charge in [0.15, 0.2) is 0 Å².